The molecule has 112 valence electrons. The van der Waals surface area contributed by atoms with Crippen molar-refractivity contribution in [2.45, 2.75) is 4.90 Å². The van der Waals surface area contributed by atoms with Crippen molar-refractivity contribution in [3.05, 3.63) is 65.7 Å². The van der Waals surface area contributed by atoms with Crippen LogP contribution >= 0.6 is 0 Å². The number of carboxylic acids is 1. The van der Waals surface area contributed by atoms with E-state index in [1.54, 1.807) is 42.5 Å². The molecule has 9 heteroatoms. The maximum atomic E-state index is 11.1. The average Bonchev–Trinajstić information content (AvgIpc) is 2.71. The quantitative estimate of drug-likeness (QED) is 0.714. The Kier molecular flexibility index (Phi) is 9.30. The molecule has 2 aromatic carbocycles. The predicted octanol–water partition coefficient (Wildman–Crippen LogP) is 0.207. The average molecular weight is 353 g/mol. The number of rotatable bonds is 1. The molecule has 1 heterocycles. The number of sulfonamides is 1. The summed E-state index contributed by atoms with van der Waals surface area (Å²) in [7, 11) is -3.55. The molecule has 0 bridgehead atoms. The molecule has 3 rings (SSSR count). The first-order valence-electron chi connectivity index (χ1n) is 5.86. The SMILES string of the molecule is O=C(O)c1ccccc1.O=C1NS(=O)(=O)c2ccccc21.[NaH].[NaH]. The Labute approximate surface area is 177 Å². The van der Waals surface area contributed by atoms with E-state index in [0.717, 1.165) is 0 Å². The van der Waals surface area contributed by atoms with Crippen molar-refractivity contribution in [1.29, 1.82) is 0 Å². The van der Waals surface area contributed by atoms with Crippen LogP contribution in [0.3, 0.4) is 0 Å². The van der Waals surface area contributed by atoms with Gasteiger partial charge in [0, 0.05) is 0 Å². The molecule has 0 aromatic heterocycles. The maximum absolute atomic E-state index is 11.1. The fourth-order valence-electron chi connectivity index (χ4n) is 1.70. The van der Waals surface area contributed by atoms with Gasteiger partial charge in [-0.15, -0.1) is 0 Å². The fraction of sp³-hybridized carbons (Fsp3) is 0. The number of carbonyl (C=O) groups is 2. The number of carboxylic acid groups (broad SMARTS) is 1. The van der Waals surface area contributed by atoms with Crippen molar-refractivity contribution in [3.8, 4) is 0 Å². The summed E-state index contributed by atoms with van der Waals surface area (Å²) in [6, 6.07) is 14.4. The van der Waals surface area contributed by atoms with Gasteiger partial charge >= 0.3 is 65.1 Å². The van der Waals surface area contributed by atoms with Gasteiger partial charge in [-0.25, -0.2) is 17.9 Å². The zero-order valence-corrected chi connectivity index (χ0v) is 11.5. The molecule has 2 aromatic rings. The first kappa shape index (κ1) is 22.3. The monoisotopic (exact) mass is 353 g/mol. The van der Waals surface area contributed by atoms with E-state index < -0.39 is 21.9 Å². The van der Waals surface area contributed by atoms with Gasteiger partial charge in [0.05, 0.1) is 11.1 Å². The van der Waals surface area contributed by atoms with Gasteiger partial charge in [-0.05, 0) is 24.3 Å². The summed E-state index contributed by atoms with van der Waals surface area (Å²) in [5, 5.41) is 8.38. The van der Waals surface area contributed by atoms with Crippen LogP contribution < -0.4 is 4.72 Å². The van der Waals surface area contributed by atoms with Crippen molar-refractivity contribution in [3.63, 3.8) is 0 Å². The zero-order valence-electron chi connectivity index (χ0n) is 10.7. The summed E-state index contributed by atoms with van der Waals surface area (Å²) in [4.78, 5) is 21.3. The second-order valence-corrected chi connectivity index (χ2v) is 5.75. The Hall–Kier alpha value is -0.670. The molecular weight excluding hydrogens is 340 g/mol. The van der Waals surface area contributed by atoms with Gasteiger partial charge < -0.3 is 5.11 Å². The Balaban J connectivity index is 0.000000401. The van der Waals surface area contributed by atoms with Crippen molar-refractivity contribution in [2.75, 3.05) is 0 Å². The van der Waals surface area contributed by atoms with E-state index in [1.165, 1.54) is 12.1 Å². The van der Waals surface area contributed by atoms with Crippen LogP contribution in [-0.4, -0.2) is 84.5 Å². The molecule has 0 radical (unpaired) electrons. The van der Waals surface area contributed by atoms with Gasteiger partial charge in [0.15, 0.2) is 0 Å². The second-order valence-electron chi connectivity index (χ2n) is 4.10. The standard InChI is InChI=1S/C7H5NO3S.C7H6O2.2Na.2H/c9-7-5-3-1-2-4-6(5)12(10,11)8-7;8-7(9)6-4-2-1-3-5-6;;;;/h1-4H,(H,8,9);1-5H,(H,8,9);;;;. The molecular formula is C14H13NNa2O5S. The van der Waals surface area contributed by atoms with Crippen molar-refractivity contribution in [2.24, 2.45) is 0 Å². The van der Waals surface area contributed by atoms with E-state index in [4.69, 9.17) is 5.11 Å². The van der Waals surface area contributed by atoms with Gasteiger partial charge in [0.1, 0.15) is 4.90 Å². The topological polar surface area (TPSA) is 101 Å². The third kappa shape index (κ3) is 5.72. The molecule has 2 N–H and O–H groups in total. The van der Waals surface area contributed by atoms with Crippen LogP contribution in [0.5, 0.6) is 0 Å². The molecule has 0 saturated carbocycles. The number of hydrogen-bond acceptors (Lipinski definition) is 4. The fourth-order valence-corrected chi connectivity index (χ4v) is 2.87. The molecule has 23 heavy (non-hydrogen) atoms. The second kappa shape index (κ2) is 9.58. The van der Waals surface area contributed by atoms with Crippen LogP contribution in [0.4, 0.5) is 0 Å². The third-order valence-electron chi connectivity index (χ3n) is 2.67. The zero-order chi connectivity index (χ0) is 15.5. The predicted molar refractivity (Wildman–Crippen MR) is 88.8 cm³/mol. The number of carbonyl (C=O) groups excluding carboxylic acids is 1. The van der Waals surface area contributed by atoms with Gasteiger partial charge in [-0.1, -0.05) is 30.3 Å². The van der Waals surface area contributed by atoms with E-state index in [0.29, 0.717) is 5.56 Å². The van der Waals surface area contributed by atoms with Crippen LogP contribution in [0.15, 0.2) is 59.5 Å². The first-order valence-corrected chi connectivity index (χ1v) is 7.34. The van der Waals surface area contributed by atoms with Gasteiger partial charge in [0.2, 0.25) is 0 Å². The number of benzene rings is 2. The molecule has 6 nitrogen and oxygen atoms in total. The number of aromatic carboxylic acids is 1. The first-order chi connectivity index (χ1) is 9.92. The molecule has 0 fully saturated rings. The minimum absolute atomic E-state index is 0. The molecule has 0 saturated heterocycles. The van der Waals surface area contributed by atoms with E-state index >= 15 is 0 Å². The molecule has 1 aliphatic heterocycles. The Morgan fingerprint density at radius 2 is 1.43 bits per heavy atom. The summed E-state index contributed by atoms with van der Waals surface area (Å²) in [6.07, 6.45) is 0. The van der Waals surface area contributed by atoms with Crippen molar-refractivity contribution in [1.82, 2.24) is 4.72 Å². The Bertz CT molecular complexity index is 794. The molecule has 0 aliphatic carbocycles. The van der Waals surface area contributed by atoms with Crippen LogP contribution in [0.2, 0.25) is 0 Å². The molecule has 0 unspecified atom stereocenters. The minimum atomic E-state index is -3.55. The summed E-state index contributed by atoms with van der Waals surface area (Å²) in [5.41, 5.74) is 0.551. The van der Waals surface area contributed by atoms with Gasteiger partial charge in [0.25, 0.3) is 15.9 Å². The molecule has 1 aliphatic rings. The normalized spacial score (nSPS) is 13.1. The summed E-state index contributed by atoms with van der Waals surface area (Å²) in [6.45, 7) is 0. The van der Waals surface area contributed by atoms with Crippen LogP contribution in [-0.2, 0) is 10.0 Å². The third-order valence-corrected chi connectivity index (χ3v) is 4.06. The summed E-state index contributed by atoms with van der Waals surface area (Å²) < 4.78 is 24.2. The Morgan fingerprint density at radius 3 is 1.91 bits per heavy atom. The van der Waals surface area contributed by atoms with Crippen molar-refractivity contribution < 1.29 is 23.1 Å². The van der Waals surface area contributed by atoms with Gasteiger partial charge in [-0.2, -0.15) is 0 Å². The van der Waals surface area contributed by atoms with E-state index in [2.05, 4.69) is 0 Å². The van der Waals surface area contributed by atoms with E-state index in [1.807, 2.05) is 4.72 Å². The number of amides is 1. The van der Waals surface area contributed by atoms with Crippen LogP contribution in [0.1, 0.15) is 20.7 Å². The molecule has 0 atom stereocenters. The summed E-state index contributed by atoms with van der Waals surface area (Å²) >= 11 is 0. The van der Waals surface area contributed by atoms with Crippen LogP contribution in [0, 0.1) is 0 Å². The van der Waals surface area contributed by atoms with Crippen LogP contribution in [0.25, 0.3) is 0 Å². The number of nitrogens with one attached hydrogen (secondary N) is 1. The van der Waals surface area contributed by atoms with E-state index in [9.17, 15) is 18.0 Å². The summed E-state index contributed by atoms with van der Waals surface area (Å²) in [5.74, 6) is -1.43. The van der Waals surface area contributed by atoms with Crippen molar-refractivity contribution >= 4 is 81.0 Å². The number of hydrogen-bond donors (Lipinski definition) is 2. The molecule has 1 amide bonds. The van der Waals surface area contributed by atoms with Gasteiger partial charge in [-0.3, -0.25) is 4.79 Å². The van der Waals surface area contributed by atoms with E-state index in [-0.39, 0.29) is 69.6 Å². The molecule has 0 spiro atoms. The Morgan fingerprint density at radius 1 is 0.913 bits per heavy atom. The number of fused-ring (bicyclic) bond motifs is 1.